The van der Waals surface area contributed by atoms with Crippen LogP contribution in [0.5, 0.6) is 0 Å². The van der Waals surface area contributed by atoms with Gasteiger partial charge in [0.1, 0.15) is 5.82 Å². The Kier molecular flexibility index (Phi) is 5.60. The first-order valence-corrected chi connectivity index (χ1v) is 7.04. The van der Waals surface area contributed by atoms with Crippen LogP contribution in [0.15, 0.2) is 28.8 Å². The normalized spacial score (nSPS) is 12.1. The summed E-state index contributed by atoms with van der Waals surface area (Å²) in [6, 6.07) is 5.94. The molecule has 1 aromatic heterocycles. The van der Waals surface area contributed by atoms with Gasteiger partial charge in [0, 0.05) is 24.9 Å². The summed E-state index contributed by atoms with van der Waals surface area (Å²) in [5, 5.41) is 16.1. The number of rotatable bonds is 7. The Morgan fingerprint density at radius 1 is 1.45 bits per heavy atom. The summed E-state index contributed by atoms with van der Waals surface area (Å²) in [7, 11) is 0. The molecule has 0 fully saturated rings. The topological polar surface area (TPSA) is 88.2 Å². The average Bonchev–Trinajstić information content (AvgIpc) is 2.91. The number of aliphatic hydroxyl groups is 1. The van der Waals surface area contributed by atoms with Gasteiger partial charge in [-0.05, 0) is 19.4 Å². The SMILES string of the molecule is Cc1noc(CCCC(=O)NCC(O)c2ccccc2F)n1. The molecule has 1 unspecified atom stereocenters. The van der Waals surface area contributed by atoms with Crippen LogP contribution in [0.4, 0.5) is 4.39 Å². The molecule has 6 nitrogen and oxygen atoms in total. The number of amides is 1. The Bertz CT molecular complexity index is 630. The van der Waals surface area contributed by atoms with Crippen LogP contribution in [0, 0.1) is 12.7 Å². The lowest BCUT2D eigenvalue weighted by Gasteiger charge is -2.12. The zero-order valence-electron chi connectivity index (χ0n) is 12.3. The molecule has 0 aliphatic heterocycles. The van der Waals surface area contributed by atoms with Gasteiger partial charge in [0.15, 0.2) is 5.82 Å². The van der Waals surface area contributed by atoms with Gasteiger partial charge in [0.25, 0.3) is 0 Å². The minimum Gasteiger partial charge on any atom is -0.386 e. The maximum absolute atomic E-state index is 13.5. The molecule has 2 aromatic rings. The molecule has 1 heterocycles. The van der Waals surface area contributed by atoms with Crippen molar-refractivity contribution in [2.24, 2.45) is 0 Å². The van der Waals surface area contributed by atoms with Crippen molar-refractivity contribution >= 4 is 5.91 Å². The molecule has 1 atom stereocenters. The molecule has 0 aliphatic rings. The highest BCUT2D eigenvalue weighted by Crippen LogP contribution is 2.15. The smallest absolute Gasteiger partial charge is 0.226 e. The predicted octanol–water partition coefficient (Wildman–Crippen LogP) is 1.69. The van der Waals surface area contributed by atoms with E-state index in [0.717, 1.165) is 0 Å². The summed E-state index contributed by atoms with van der Waals surface area (Å²) in [6.45, 7) is 1.70. The third-order valence-corrected chi connectivity index (χ3v) is 3.12. The number of aryl methyl sites for hydroxylation is 2. The highest BCUT2D eigenvalue weighted by molar-refractivity contribution is 5.75. The molecule has 118 valence electrons. The maximum atomic E-state index is 13.5. The lowest BCUT2D eigenvalue weighted by Crippen LogP contribution is -2.28. The Labute approximate surface area is 127 Å². The highest BCUT2D eigenvalue weighted by atomic mass is 19.1. The fraction of sp³-hybridized carbons (Fsp3) is 0.400. The van der Waals surface area contributed by atoms with Crippen LogP contribution >= 0.6 is 0 Å². The second-order valence-corrected chi connectivity index (χ2v) is 4.93. The van der Waals surface area contributed by atoms with Gasteiger partial charge >= 0.3 is 0 Å². The molecule has 2 rings (SSSR count). The fourth-order valence-corrected chi connectivity index (χ4v) is 2.00. The molecule has 0 saturated heterocycles. The van der Waals surface area contributed by atoms with Crippen molar-refractivity contribution in [3.8, 4) is 0 Å². The second kappa shape index (κ2) is 7.65. The first-order valence-electron chi connectivity index (χ1n) is 7.04. The van der Waals surface area contributed by atoms with E-state index >= 15 is 0 Å². The van der Waals surface area contributed by atoms with Gasteiger partial charge in [0.05, 0.1) is 6.10 Å². The summed E-state index contributed by atoms with van der Waals surface area (Å²) in [5.41, 5.74) is 0.170. The molecule has 1 amide bonds. The number of nitrogens with zero attached hydrogens (tertiary/aromatic N) is 2. The number of nitrogens with one attached hydrogen (secondary N) is 1. The Morgan fingerprint density at radius 2 is 2.23 bits per heavy atom. The molecule has 0 radical (unpaired) electrons. The largest absolute Gasteiger partial charge is 0.386 e. The van der Waals surface area contributed by atoms with E-state index in [1.54, 1.807) is 19.1 Å². The van der Waals surface area contributed by atoms with E-state index < -0.39 is 11.9 Å². The number of carbonyl (C=O) groups is 1. The van der Waals surface area contributed by atoms with Gasteiger partial charge in [-0.1, -0.05) is 23.4 Å². The second-order valence-electron chi connectivity index (χ2n) is 4.93. The maximum Gasteiger partial charge on any atom is 0.226 e. The van der Waals surface area contributed by atoms with E-state index in [0.29, 0.717) is 24.6 Å². The van der Waals surface area contributed by atoms with Crippen molar-refractivity contribution in [3.05, 3.63) is 47.4 Å². The summed E-state index contributed by atoms with van der Waals surface area (Å²) >= 11 is 0. The van der Waals surface area contributed by atoms with E-state index in [4.69, 9.17) is 4.52 Å². The molecule has 0 spiro atoms. The van der Waals surface area contributed by atoms with Gasteiger partial charge in [-0.2, -0.15) is 4.98 Å². The number of benzene rings is 1. The van der Waals surface area contributed by atoms with Crippen molar-refractivity contribution < 1.29 is 18.8 Å². The Balaban J connectivity index is 1.70. The number of halogens is 1. The molecule has 7 heteroatoms. The molecule has 0 saturated carbocycles. The first-order chi connectivity index (χ1) is 10.6. The Morgan fingerprint density at radius 3 is 2.91 bits per heavy atom. The summed E-state index contributed by atoms with van der Waals surface area (Å²) in [5.74, 6) is 0.354. The lowest BCUT2D eigenvalue weighted by molar-refractivity contribution is -0.121. The van der Waals surface area contributed by atoms with E-state index in [1.165, 1.54) is 12.1 Å². The van der Waals surface area contributed by atoms with Crippen LogP contribution in [0.2, 0.25) is 0 Å². The molecule has 1 aromatic carbocycles. The van der Waals surface area contributed by atoms with Crippen molar-refractivity contribution in [1.82, 2.24) is 15.5 Å². The minimum absolute atomic E-state index is 0.0283. The van der Waals surface area contributed by atoms with Crippen LogP contribution in [-0.4, -0.2) is 27.7 Å². The molecule has 0 aliphatic carbocycles. The van der Waals surface area contributed by atoms with Crippen LogP contribution in [0.3, 0.4) is 0 Å². The molecular weight excluding hydrogens is 289 g/mol. The standard InChI is InChI=1S/C15H18FN3O3/c1-10-18-15(22-19-10)8-4-7-14(21)17-9-13(20)11-5-2-3-6-12(11)16/h2-3,5-6,13,20H,4,7-9H2,1H3,(H,17,21). The van der Waals surface area contributed by atoms with Gasteiger partial charge in [-0.3, -0.25) is 4.79 Å². The van der Waals surface area contributed by atoms with Crippen molar-refractivity contribution in [1.29, 1.82) is 0 Å². The molecular formula is C15H18FN3O3. The number of carbonyl (C=O) groups excluding carboxylic acids is 1. The van der Waals surface area contributed by atoms with Crippen LogP contribution in [0.25, 0.3) is 0 Å². The van der Waals surface area contributed by atoms with Crippen LogP contribution < -0.4 is 5.32 Å². The van der Waals surface area contributed by atoms with Gasteiger partial charge in [0.2, 0.25) is 11.8 Å². The van der Waals surface area contributed by atoms with E-state index in [-0.39, 0.29) is 24.4 Å². The predicted molar refractivity (Wildman–Crippen MR) is 76.3 cm³/mol. The zero-order valence-corrected chi connectivity index (χ0v) is 12.3. The van der Waals surface area contributed by atoms with Crippen LogP contribution in [-0.2, 0) is 11.2 Å². The first kappa shape index (κ1) is 16.1. The third-order valence-electron chi connectivity index (χ3n) is 3.12. The number of hydrogen-bond donors (Lipinski definition) is 2. The quantitative estimate of drug-likeness (QED) is 0.812. The number of aliphatic hydroxyl groups excluding tert-OH is 1. The van der Waals surface area contributed by atoms with Crippen molar-refractivity contribution in [3.63, 3.8) is 0 Å². The monoisotopic (exact) mass is 307 g/mol. The lowest BCUT2D eigenvalue weighted by atomic mass is 10.1. The average molecular weight is 307 g/mol. The number of aromatic nitrogens is 2. The van der Waals surface area contributed by atoms with E-state index in [9.17, 15) is 14.3 Å². The van der Waals surface area contributed by atoms with Crippen LogP contribution in [0.1, 0.15) is 36.2 Å². The summed E-state index contributed by atoms with van der Waals surface area (Å²) in [6.07, 6.45) is 0.280. The van der Waals surface area contributed by atoms with Crippen molar-refractivity contribution in [2.75, 3.05) is 6.54 Å². The van der Waals surface area contributed by atoms with Gasteiger partial charge in [-0.15, -0.1) is 0 Å². The molecule has 22 heavy (non-hydrogen) atoms. The zero-order chi connectivity index (χ0) is 15.9. The summed E-state index contributed by atoms with van der Waals surface area (Å²) in [4.78, 5) is 15.7. The van der Waals surface area contributed by atoms with Gasteiger partial charge < -0.3 is 14.9 Å². The fourth-order valence-electron chi connectivity index (χ4n) is 2.00. The molecule has 2 N–H and O–H groups in total. The van der Waals surface area contributed by atoms with E-state index in [2.05, 4.69) is 15.5 Å². The minimum atomic E-state index is -1.07. The van der Waals surface area contributed by atoms with E-state index in [1.807, 2.05) is 0 Å². The summed E-state index contributed by atoms with van der Waals surface area (Å²) < 4.78 is 18.4. The third kappa shape index (κ3) is 4.63. The van der Waals surface area contributed by atoms with Crippen molar-refractivity contribution in [2.45, 2.75) is 32.3 Å². The number of hydrogen-bond acceptors (Lipinski definition) is 5. The van der Waals surface area contributed by atoms with Gasteiger partial charge in [-0.25, -0.2) is 4.39 Å². The Hall–Kier alpha value is -2.28. The molecule has 0 bridgehead atoms. The highest BCUT2D eigenvalue weighted by Gasteiger charge is 2.13.